The lowest BCUT2D eigenvalue weighted by atomic mass is 10.0. The Kier molecular flexibility index (Phi) is 2.93. The Morgan fingerprint density at radius 2 is 1.83 bits per heavy atom. The number of hydrogen-bond donors (Lipinski definition) is 1. The number of nitrogens with zero attached hydrogens (tertiary/aromatic N) is 1. The Morgan fingerprint density at radius 3 is 2.35 bits per heavy atom. The lowest BCUT2D eigenvalue weighted by Crippen LogP contribution is -2.34. The fourth-order valence-corrected chi connectivity index (χ4v) is 4.39. The molecule has 2 atom stereocenters. The molecule has 0 unspecified atom stereocenters. The summed E-state index contributed by atoms with van der Waals surface area (Å²) in [7, 11) is 0. The Bertz CT molecular complexity index is 794. The summed E-state index contributed by atoms with van der Waals surface area (Å²) in [6, 6.07) is 10.3. The highest BCUT2D eigenvalue weighted by Crippen LogP contribution is 2.56. The number of carboxylic acids is 1. The minimum Gasteiger partial charge on any atom is -0.481 e. The molecule has 1 saturated carbocycles. The van der Waals surface area contributed by atoms with Crippen LogP contribution in [0.3, 0.4) is 0 Å². The number of carbonyl (C=O) groups is 3. The van der Waals surface area contributed by atoms with Gasteiger partial charge in [0.25, 0.3) is 11.8 Å². The monoisotopic (exact) mass is 327 g/mol. The molecule has 2 aliphatic rings. The molecule has 2 aromatic rings. The molecule has 23 heavy (non-hydrogen) atoms. The van der Waals surface area contributed by atoms with Crippen LogP contribution in [0.15, 0.2) is 41.8 Å². The summed E-state index contributed by atoms with van der Waals surface area (Å²) in [5.41, 5.74) is -0.158. The number of thiophene rings is 1. The van der Waals surface area contributed by atoms with Gasteiger partial charge in [0.15, 0.2) is 0 Å². The van der Waals surface area contributed by atoms with E-state index < -0.39 is 11.4 Å². The Morgan fingerprint density at radius 1 is 1.17 bits per heavy atom. The highest BCUT2D eigenvalue weighted by atomic mass is 32.1. The first-order valence-corrected chi connectivity index (χ1v) is 8.16. The number of rotatable bonds is 4. The van der Waals surface area contributed by atoms with Gasteiger partial charge in [0.1, 0.15) is 5.41 Å². The molecule has 0 saturated heterocycles. The zero-order valence-corrected chi connectivity index (χ0v) is 12.9. The molecule has 0 bridgehead atoms. The topological polar surface area (TPSA) is 74.7 Å². The van der Waals surface area contributed by atoms with E-state index in [2.05, 4.69) is 0 Å². The van der Waals surface area contributed by atoms with E-state index in [-0.39, 0.29) is 24.3 Å². The SMILES string of the molecule is O=C1c2ccccc2C(=O)N1C[C@@H]1C[C@@]1(C(=O)O)c1cccs1. The van der Waals surface area contributed by atoms with Crippen LogP contribution in [0.4, 0.5) is 0 Å². The summed E-state index contributed by atoms with van der Waals surface area (Å²) in [6.45, 7) is 0.149. The quantitative estimate of drug-likeness (QED) is 0.875. The van der Waals surface area contributed by atoms with Gasteiger partial charge in [-0.25, -0.2) is 0 Å². The van der Waals surface area contributed by atoms with Crippen molar-refractivity contribution in [2.24, 2.45) is 5.92 Å². The lowest BCUT2D eigenvalue weighted by Gasteiger charge is -2.16. The minimum absolute atomic E-state index is 0.149. The van der Waals surface area contributed by atoms with Crippen LogP contribution in [0.25, 0.3) is 0 Å². The maximum atomic E-state index is 12.4. The van der Waals surface area contributed by atoms with Crippen LogP contribution in [0, 0.1) is 5.92 Å². The van der Waals surface area contributed by atoms with Gasteiger partial charge >= 0.3 is 5.97 Å². The second kappa shape index (κ2) is 4.76. The number of aliphatic carboxylic acids is 1. The van der Waals surface area contributed by atoms with E-state index in [4.69, 9.17) is 0 Å². The molecule has 0 radical (unpaired) electrons. The van der Waals surface area contributed by atoms with E-state index >= 15 is 0 Å². The van der Waals surface area contributed by atoms with E-state index in [1.54, 1.807) is 30.3 Å². The smallest absolute Gasteiger partial charge is 0.315 e. The van der Waals surface area contributed by atoms with Crippen molar-refractivity contribution in [2.45, 2.75) is 11.8 Å². The van der Waals surface area contributed by atoms with Gasteiger partial charge < -0.3 is 5.11 Å². The zero-order valence-electron chi connectivity index (χ0n) is 12.1. The summed E-state index contributed by atoms with van der Waals surface area (Å²) < 4.78 is 0. The minimum atomic E-state index is -0.955. The summed E-state index contributed by atoms with van der Waals surface area (Å²) in [5, 5.41) is 11.5. The van der Waals surface area contributed by atoms with Crippen molar-refractivity contribution < 1.29 is 19.5 Å². The fourth-order valence-electron chi connectivity index (χ4n) is 3.38. The number of fused-ring (bicyclic) bond motifs is 1. The van der Waals surface area contributed by atoms with Gasteiger partial charge in [-0.3, -0.25) is 19.3 Å². The van der Waals surface area contributed by atoms with Crippen LogP contribution in [0.5, 0.6) is 0 Å². The number of benzene rings is 1. The summed E-state index contributed by atoms with van der Waals surface area (Å²) in [4.78, 5) is 38.5. The number of imide groups is 1. The standard InChI is InChI=1S/C17H13NO4S/c19-14-11-4-1-2-5-12(11)15(20)18(14)9-10-8-17(10,16(21)22)13-6-3-7-23-13/h1-7,10H,8-9H2,(H,21,22)/t10-,17-/m0/s1. The van der Waals surface area contributed by atoms with Crippen LogP contribution >= 0.6 is 11.3 Å². The maximum Gasteiger partial charge on any atom is 0.315 e. The lowest BCUT2D eigenvalue weighted by molar-refractivity contribution is -0.140. The third kappa shape index (κ3) is 1.88. The predicted molar refractivity (Wildman–Crippen MR) is 83.5 cm³/mol. The summed E-state index contributed by atoms with van der Waals surface area (Å²) in [6.07, 6.45) is 0.455. The molecule has 1 N–H and O–H groups in total. The van der Waals surface area contributed by atoms with Crippen LogP contribution in [-0.2, 0) is 10.2 Å². The molecule has 2 heterocycles. The molecular weight excluding hydrogens is 314 g/mol. The number of carboxylic acid groups (broad SMARTS) is 1. The van der Waals surface area contributed by atoms with Crippen molar-refractivity contribution >= 4 is 29.1 Å². The first kappa shape index (κ1) is 14.1. The highest BCUT2D eigenvalue weighted by Gasteiger charge is 2.63. The molecule has 1 aromatic heterocycles. The van der Waals surface area contributed by atoms with Crippen molar-refractivity contribution in [3.05, 3.63) is 57.8 Å². The molecule has 4 rings (SSSR count). The van der Waals surface area contributed by atoms with Gasteiger partial charge in [0.2, 0.25) is 0 Å². The fraction of sp³-hybridized carbons (Fsp3) is 0.235. The third-order valence-corrected chi connectivity index (χ3v) is 5.78. The van der Waals surface area contributed by atoms with E-state index in [0.29, 0.717) is 17.5 Å². The van der Waals surface area contributed by atoms with Crippen molar-refractivity contribution in [3.63, 3.8) is 0 Å². The van der Waals surface area contributed by atoms with Gasteiger partial charge in [-0.05, 0) is 35.9 Å². The van der Waals surface area contributed by atoms with Gasteiger partial charge in [-0.1, -0.05) is 18.2 Å². The molecule has 0 spiro atoms. The maximum absolute atomic E-state index is 12.4. The molecule has 1 aliphatic heterocycles. The highest BCUT2D eigenvalue weighted by molar-refractivity contribution is 7.10. The first-order valence-electron chi connectivity index (χ1n) is 7.28. The van der Waals surface area contributed by atoms with E-state index in [1.807, 2.05) is 11.4 Å². The molecule has 5 nitrogen and oxygen atoms in total. The predicted octanol–water partition coefficient (Wildman–Crippen LogP) is 2.39. The van der Waals surface area contributed by atoms with Gasteiger partial charge in [0, 0.05) is 11.4 Å². The van der Waals surface area contributed by atoms with Crippen LogP contribution in [-0.4, -0.2) is 34.3 Å². The zero-order chi connectivity index (χ0) is 16.2. The van der Waals surface area contributed by atoms with E-state index in [0.717, 1.165) is 4.88 Å². The van der Waals surface area contributed by atoms with E-state index in [1.165, 1.54) is 16.2 Å². The molecule has 6 heteroatoms. The average molecular weight is 327 g/mol. The van der Waals surface area contributed by atoms with Gasteiger partial charge in [-0.2, -0.15) is 0 Å². The van der Waals surface area contributed by atoms with Crippen LogP contribution in [0.1, 0.15) is 32.0 Å². The molecule has 2 amide bonds. The Labute approximate surface area is 136 Å². The molecule has 116 valence electrons. The molecule has 1 aromatic carbocycles. The van der Waals surface area contributed by atoms with Gasteiger partial charge in [0.05, 0.1) is 11.1 Å². The van der Waals surface area contributed by atoms with Crippen molar-refractivity contribution in [3.8, 4) is 0 Å². The first-order chi connectivity index (χ1) is 11.1. The molecular formula is C17H13NO4S. The van der Waals surface area contributed by atoms with Gasteiger partial charge in [-0.15, -0.1) is 11.3 Å². The van der Waals surface area contributed by atoms with Crippen molar-refractivity contribution in [1.82, 2.24) is 4.90 Å². The van der Waals surface area contributed by atoms with Crippen molar-refractivity contribution in [2.75, 3.05) is 6.54 Å². The summed E-state index contributed by atoms with van der Waals surface area (Å²) >= 11 is 1.40. The largest absolute Gasteiger partial charge is 0.481 e. The number of carbonyl (C=O) groups excluding carboxylic acids is 2. The Hall–Kier alpha value is -2.47. The molecule has 1 aliphatic carbocycles. The van der Waals surface area contributed by atoms with Crippen LogP contribution < -0.4 is 0 Å². The normalized spacial score (nSPS) is 25.6. The van der Waals surface area contributed by atoms with Crippen LogP contribution in [0.2, 0.25) is 0 Å². The Balaban J connectivity index is 1.60. The summed E-state index contributed by atoms with van der Waals surface area (Å²) in [5.74, 6) is -1.78. The number of hydrogen-bond acceptors (Lipinski definition) is 4. The second-order valence-electron chi connectivity index (χ2n) is 5.92. The average Bonchev–Trinajstić information content (AvgIpc) is 2.91. The third-order valence-electron chi connectivity index (χ3n) is 4.73. The number of amides is 2. The molecule has 1 fully saturated rings. The second-order valence-corrected chi connectivity index (χ2v) is 6.87. The van der Waals surface area contributed by atoms with E-state index in [9.17, 15) is 19.5 Å². The van der Waals surface area contributed by atoms with Crippen molar-refractivity contribution in [1.29, 1.82) is 0 Å².